The lowest BCUT2D eigenvalue weighted by atomic mass is 10.2. The smallest absolute Gasteiger partial charge is 0.340 e. The van der Waals surface area contributed by atoms with Gasteiger partial charge >= 0.3 is 5.97 Å². The van der Waals surface area contributed by atoms with E-state index in [1.807, 2.05) is 6.92 Å². The monoisotopic (exact) mass is 410 g/mol. The predicted octanol–water partition coefficient (Wildman–Crippen LogP) is 2.49. The number of carbonyl (C=O) groups excluding carboxylic acids is 2. The van der Waals surface area contributed by atoms with Gasteiger partial charge in [-0.15, -0.1) is 0 Å². The van der Waals surface area contributed by atoms with Crippen molar-refractivity contribution in [1.29, 1.82) is 0 Å². The number of nitrogens with one attached hydrogen (secondary N) is 1. The Balaban J connectivity index is 3.23. The molecule has 0 fully saturated rings. The van der Waals surface area contributed by atoms with E-state index >= 15 is 0 Å². The van der Waals surface area contributed by atoms with Gasteiger partial charge in [-0.1, -0.05) is 36.5 Å². The van der Waals surface area contributed by atoms with Crippen LogP contribution >= 0.6 is 23.2 Å². The molecule has 140 valence electrons. The fraction of sp³-hybridized carbons (Fsp3) is 0.467. The Hall–Kier alpha value is -1.35. The van der Waals surface area contributed by atoms with Gasteiger partial charge in [0.15, 0.2) is 6.10 Å². The fourth-order valence-corrected chi connectivity index (χ4v) is 4.12. The van der Waals surface area contributed by atoms with Crippen LogP contribution in [0.15, 0.2) is 17.0 Å². The quantitative estimate of drug-likeness (QED) is 0.638. The zero-order valence-electron chi connectivity index (χ0n) is 14.0. The van der Waals surface area contributed by atoms with E-state index in [1.165, 1.54) is 6.92 Å². The van der Waals surface area contributed by atoms with Crippen molar-refractivity contribution in [3.8, 4) is 0 Å². The molecule has 0 heterocycles. The molecule has 1 rings (SSSR count). The minimum atomic E-state index is -3.97. The molecular weight excluding hydrogens is 391 g/mol. The van der Waals surface area contributed by atoms with E-state index in [4.69, 9.17) is 33.7 Å². The van der Waals surface area contributed by atoms with Crippen LogP contribution in [0, 0.1) is 0 Å². The average molecular weight is 411 g/mol. The number of primary amides is 1. The first-order chi connectivity index (χ1) is 11.5. The molecule has 3 N–H and O–H groups in total. The number of sulfonamides is 1. The number of benzene rings is 1. The summed E-state index contributed by atoms with van der Waals surface area (Å²) in [5, 5.41) is -0.243. The summed E-state index contributed by atoms with van der Waals surface area (Å²) in [7, 11) is -3.97. The van der Waals surface area contributed by atoms with Gasteiger partial charge in [-0.05, 0) is 32.4 Å². The van der Waals surface area contributed by atoms with Crippen molar-refractivity contribution >= 4 is 45.1 Å². The average Bonchev–Trinajstić information content (AvgIpc) is 2.45. The lowest BCUT2D eigenvalue weighted by Crippen LogP contribution is -2.33. The van der Waals surface area contributed by atoms with Crippen molar-refractivity contribution in [3.05, 3.63) is 27.7 Å². The van der Waals surface area contributed by atoms with Gasteiger partial charge in [-0.2, -0.15) is 0 Å². The third-order valence-corrected chi connectivity index (χ3v) is 5.66. The Morgan fingerprint density at radius 3 is 2.36 bits per heavy atom. The van der Waals surface area contributed by atoms with Crippen LogP contribution in [0.5, 0.6) is 0 Å². The summed E-state index contributed by atoms with van der Waals surface area (Å²) in [5.74, 6) is -1.83. The van der Waals surface area contributed by atoms with Gasteiger partial charge in [0.25, 0.3) is 5.91 Å². The Labute approximate surface area is 156 Å². The minimum absolute atomic E-state index is 0.104. The molecule has 1 amide bonds. The normalized spacial score (nSPS) is 14.0. The van der Waals surface area contributed by atoms with Crippen molar-refractivity contribution < 1.29 is 22.7 Å². The molecule has 0 bridgehead atoms. The summed E-state index contributed by atoms with van der Waals surface area (Å²) >= 11 is 11.9. The first-order valence-electron chi connectivity index (χ1n) is 7.51. The number of rotatable bonds is 8. The van der Waals surface area contributed by atoms with E-state index in [2.05, 4.69) is 4.72 Å². The van der Waals surface area contributed by atoms with E-state index < -0.39 is 28.0 Å². The van der Waals surface area contributed by atoms with E-state index in [1.54, 1.807) is 6.92 Å². The number of hydrogen-bond donors (Lipinski definition) is 2. The summed E-state index contributed by atoms with van der Waals surface area (Å²) in [5.41, 5.74) is 4.80. The zero-order chi connectivity index (χ0) is 19.4. The number of esters is 1. The third kappa shape index (κ3) is 5.85. The van der Waals surface area contributed by atoms with Crippen molar-refractivity contribution in [2.24, 2.45) is 5.73 Å². The van der Waals surface area contributed by atoms with Crippen molar-refractivity contribution in [3.63, 3.8) is 0 Å². The molecule has 10 heteroatoms. The Kier molecular flexibility index (Phi) is 7.67. The molecule has 1 aromatic carbocycles. The van der Waals surface area contributed by atoms with Gasteiger partial charge in [0.1, 0.15) is 4.90 Å². The molecule has 0 radical (unpaired) electrons. The number of carbonyl (C=O) groups is 2. The molecule has 0 spiro atoms. The van der Waals surface area contributed by atoms with Gasteiger partial charge in [-0.25, -0.2) is 17.9 Å². The van der Waals surface area contributed by atoms with Gasteiger partial charge in [0.05, 0.1) is 15.6 Å². The summed E-state index contributed by atoms with van der Waals surface area (Å²) in [6, 6.07) is 1.84. The zero-order valence-corrected chi connectivity index (χ0v) is 16.3. The Morgan fingerprint density at radius 1 is 1.24 bits per heavy atom. The molecule has 7 nitrogen and oxygen atoms in total. The summed E-state index contributed by atoms with van der Waals surface area (Å²) < 4.78 is 32.3. The van der Waals surface area contributed by atoms with Crippen LogP contribution in [0.25, 0.3) is 0 Å². The number of nitrogens with two attached hydrogens (primary N) is 1. The van der Waals surface area contributed by atoms with Crippen LogP contribution < -0.4 is 10.5 Å². The fourth-order valence-electron chi connectivity index (χ4n) is 1.99. The maximum atomic E-state index is 12.5. The second kappa shape index (κ2) is 8.84. The van der Waals surface area contributed by atoms with Crippen molar-refractivity contribution in [2.75, 3.05) is 0 Å². The molecule has 0 saturated heterocycles. The molecule has 25 heavy (non-hydrogen) atoms. The largest absolute Gasteiger partial charge is 0.449 e. The number of amides is 1. The Morgan fingerprint density at radius 2 is 1.84 bits per heavy atom. The summed E-state index contributed by atoms with van der Waals surface area (Å²) in [4.78, 5) is 22.8. The Bertz CT molecular complexity index is 767. The van der Waals surface area contributed by atoms with Gasteiger partial charge in [0, 0.05) is 6.04 Å². The molecule has 0 aliphatic heterocycles. The molecule has 0 aromatic heterocycles. The number of ether oxygens (including phenoxy) is 1. The van der Waals surface area contributed by atoms with Crippen LogP contribution in [-0.2, 0) is 19.6 Å². The lowest BCUT2D eigenvalue weighted by molar-refractivity contribution is -0.125. The maximum Gasteiger partial charge on any atom is 0.340 e. The first-order valence-corrected chi connectivity index (χ1v) is 9.75. The van der Waals surface area contributed by atoms with Crippen LogP contribution in [-0.4, -0.2) is 32.4 Å². The van der Waals surface area contributed by atoms with E-state index in [-0.39, 0.29) is 26.5 Å². The molecule has 2 atom stereocenters. The third-order valence-electron chi connectivity index (χ3n) is 3.29. The highest BCUT2D eigenvalue weighted by molar-refractivity contribution is 7.89. The van der Waals surface area contributed by atoms with E-state index in [9.17, 15) is 18.0 Å². The van der Waals surface area contributed by atoms with E-state index in [0.29, 0.717) is 6.42 Å². The number of halogens is 2. The SMILES string of the molecule is CCC[C@H](C)NS(=O)(=O)c1cc(C(=O)O[C@@H](C)C(N)=O)c(Cl)cc1Cl. The molecule has 0 unspecified atom stereocenters. The summed E-state index contributed by atoms with van der Waals surface area (Å²) in [6.45, 7) is 4.93. The van der Waals surface area contributed by atoms with Gasteiger partial charge in [-0.3, -0.25) is 4.79 Å². The van der Waals surface area contributed by atoms with Crippen LogP contribution in [0.1, 0.15) is 44.0 Å². The number of hydrogen-bond acceptors (Lipinski definition) is 5. The van der Waals surface area contributed by atoms with Crippen LogP contribution in [0.2, 0.25) is 10.0 Å². The molecule has 0 saturated carbocycles. The predicted molar refractivity (Wildman–Crippen MR) is 95.2 cm³/mol. The van der Waals surface area contributed by atoms with Gasteiger partial charge in [0.2, 0.25) is 10.0 Å². The second-order valence-corrected chi connectivity index (χ2v) is 8.02. The van der Waals surface area contributed by atoms with Crippen LogP contribution in [0.3, 0.4) is 0 Å². The molecule has 0 aliphatic rings. The first kappa shape index (κ1) is 21.7. The van der Waals surface area contributed by atoms with Crippen LogP contribution in [0.4, 0.5) is 0 Å². The maximum absolute atomic E-state index is 12.5. The molecule has 1 aromatic rings. The van der Waals surface area contributed by atoms with E-state index in [0.717, 1.165) is 18.6 Å². The topological polar surface area (TPSA) is 116 Å². The highest BCUT2D eigenvalue weighted by atomic mass is 35.5. The van der Waals surface area contributed by atoms with Crippen molar-refractivity contribution in [1.82, 2.24) is 4.72 Å². The minimum Gasteiger partial charge on any atom is -0.449 e. The summed E-state index contributed by atoms with van der Waals surface area (Å²) in [6.07, 6.45) is 0.234. The highest BCUT2D eigenvalue weighted by Gasteiger charge is 2.26. The highest BCUT2D eigenvalue weighted by Crippen LogP contribution is 2.29. The van der Waals surface area contributed by atoms with Crippen molar-refractivity contribution in [2.45, 2.75) is 50.7 Å². The standard InChI is InChI=1S/C15H20Cl2N2O5S/c1-4-5-8(2)19-25(22,23)13-6-10(11(16)7-12(13)17)15(21)24-9(3)14(18)20/h6-9,19H,4-5H2,1-3H3,(H2,18,20)/t8-,9-/m0/s1. The lowest BCUT2D eigenvalue weighted by Gasteiger charge is -2.16. The molecular formula is C15H20Cl2N2O5S. The second-order valence-electron chi connectivity index (χ2n) is 5.52. The van der Waals surface area contributed by atoms with Gasteiger partial charge < -0.3 is 10.5 Å². The molecule has 0 aliphatic carbocycles.